The molecule has 0 bridgehead atoms. The number of anilines is 4. The Morgan fingerprint density at radius 3 is 2.54 bits per heavy atom. The maximum atomic E-state index is 11.8. The largest absolute Gasteiger partial charge is 0.365 e. The number of hydrogen-bond acceptors (Lipinski definition) is 6. The average molecular weight is 351 g/mol. The van der Waals surface area contributed by atoms with Crippen molar-refractivity contribution in [1.82, 2.24) is 19.7 Å². The summed E-state index contributed by atoms with van der Waals surface area (Å²) in [6, 6.07) is 5.95. The number of aryl methyl sites for hydroxylation is 3. The van der Waals surface area contributed by atoms with Crippen LogP contribution in [0.3, 0.4) is 0 Å². The number of carbonyl (C=O) groups excluding carboxylic acids is 1. The van der Waals surface area contributed by atoms with Crippen molar-refractivity contribution in [2.45, 2.75) is 27.3 Å². The number of nitrogens with two attached hydrogens (primary N) is 1. The Kier molecular flexibility index (Phi) is 4.83. The molecule has 0 fully saturated rings. The highest BCUT2D eigenvalue weighted by Gasteiger charge is 2.14. The van der Waals surface area contributed by atoms with Gasteiger partial charge in [0.25, 0.3) is 5.91 Å². The van der Waals surface area contributed by atoms with E-state index < -0.39 is 5.91 Å². The molecule has 26 heavy (non-hydrogen) atoms. The second-order valence-electron chi connectivity index (χ2n) is 5.92. The first kappa shape index (κ1) is 17.4. The third-order valence-corrected chi connectivity index (χ3v) is 3.99. The number of aromatic nitrogens is 4. The maximum absolute atomic E-state index is 11.8. The molecule has 1 aromatic carbocycles. The topological polar surface area (TPSA) is 111 Å². The van der Waals surface area contributed by atoms with Gasteiger partial charge in [0, 0.05) is 24.6 Å². The van der Waals surface area contributed by atoms with E-state index in [1.807, 2.05) is 45.2 Å². The molecule has 0 spiro atoms. The zero-order chi connectivity index (χ0) is 18.7. The highest BCUT2D eigenvalue weighted by Crippen LogP contribution is 2.26. The van der Waals surface area contributed by atoms with E-state index in [4.69, 9.17) is 5.73 Å². The lowest BCUT2D eigenvalue weighted by Gasteiger charge is -2.14. The molecule has 1 amide bonds. The van der Waals surface area contributed by atoms with Gasteiger partial charge >= 0.3 is 0 Å². The van der Waals surface area contributed by atoms with Crippen molar-refractivity contribution in [2.24, 2.45) is 5.73 Å². The lowest BCUT2D eigenvalue weighted by atomic mass is 10.1. The van der Waals surface area contributed by atoms with Gasteiger partial charge in [0.2, 0.25) is 5.95 Å². The molecule has 3 rings (SSSR count). The molecule has 8 heteroatoms. The number of amides is 1. The van der Waals surface area contributed by atoms with Gasteiger partial charge in [0.1, 0.15) is 11.4 Å². The zero-order valence-electron chi connectivity index (χ0n) is 14.9. The Morgan fingerprint density at radius 1 is 1.19 bits per heavy atom. The van der Waals surface area contributed by atoms with E-state index in [0.29, 0.717) is 11.8 Å². The van der Waals surface area contributed by atoms with Crippen molar-refractivity contribution in [1.29, 1.82) is 0 Å². The van der Waals surface area contributed by atoms with Gasteiger partial charge in [-0.1, -0.05) is 18.2 Å². The molecule has 2 heterocycles. The lowest BCUT2D eigenvalue weighted by Crippen LogP contribution is -2.16. The molecule has 0 unspecified atom stereocenters. The van der Waals surface area contributed by atoms with Crippen molar-refractivity contribution in [3.05, 3.63) is 53.5 Å². The van der Waals surface area contributed by atoms with E-state index in [1.165, 1.54) is 6.20 Å². The number of carbonyl (C=O) groups is 1. The number of hydrogen-bond donors (Lipinski definition) is 3. The van der Waals surface area contributed by atoms with E-state index in [9.17, 15) is 4.79 Å². The van der Waals surface area contributed by atoms with Gasteiger partial charge in [-0.25, -0.2) is 4.98 Å². The van der Waals surface area contributed by atoms with Gasteiger partial charge in [0.05, 0.1) is 11.9 Å². The van der Waals surface area contributed by atoms with Crippen LogP contribution < -0.4 is 16.4 Å². The van der Waals surface area contributed by atoms with E-state index in [-0.39, 0.29) is 5.56 Å². The summed E-state index contributed by atoms with van der Waals surface area (Å²) in [4.78, 5) is 20.4. The molecular weight excluding hydrogens is 330 g/mol. The number of para-hydroxylation sites is 1. The summed E-state index contributed by atoms with van der Waals surface area (Å²) in [6.45, 7) is 6.74. The third kappa shape index (κ3) is 3.64. The van der Waals surface area contributed by atoms with Crippen LogP contribution in [0.15, 0.2) is 36.8 Å². The SMILES string of the molecule is CCn1cc(Nc2ncc(C(N)=O)c(Nc3c(C)cccc3C)n2)cn1. The van der Waals surface area contributed by atoms with Crippen LogP contribution in [0, 0.1) is 13.8 Å². The van der Waals surface area contributed by atoms with E-state index in [0.717, 1.165) is 29.0 Å². The number of benzene rings is 1. The first-order valence-corrected chi connectivity index (χ1v) is 8.27. The van der Waals surface area contributed by atoms with Crippen LogP contribution in [0.25, 0.3) is 0 Å². The molecule has 3 aromatic rings. The van der Waals surface area contributed by atoms with E-state index >= 15 is 0 Å². The summed E-state index contributed by atoms with van der Waals surface area (Å²) in [5.74, 6) is 0.110. The monoisotopic (exact) mass is 351 g/mol. The molecule has 4 N–H and O–H groups in total. The predicted octanol–water partition coefficient (Wildman–Crippen LogP) is 2.90. The quantitative estimate of drug-likeness (QED) is 0.630. The zero-order valence-corrected chi connectivity index (χ0v) is 14.9. The number of rotatable bonds is 6. The van der Waals surface area contributed by atoms with Crippen LogP contribution in [0.2, 0.25) is 0 Å². The van der Waals surface area contributed by atoms with Crippen molar-refractivity contribution in [3.63, 3.8) is 0 Å². The molecule has 0 aliphatic rings. The number of nitrogens with one attached hydrogen (secondary N) is 2. The van der Waals surface area contributed by atoms with Gasteiger partial charge in [-0.2, -0.15) is 10.1 Å². The first-order chi connectivity index (χ1) is 12.5. The Bertz CT molecular complexity index is 928. The first-order valence-electron chi connectivity index (χ1n) is 8.27. The summed E-state index contributed by atoms with van der Waals surface area (Å²) in [7, 11) is 0. The number of nitrogens with zero attached hydrogens (tertiary/aromatic N) is 4. The summed E-state index contributed by atoms with van der Waals surface area (Å²) in [5, 5.41) is 10.5. The van der Waals surface area contributed by atoms with E-state index in [1.54, 1.807) is 10.9 Å². The Hall–Kier alpha value is -3.42. The molecular formula is C18H21N7O. The average Bonchev–Trinajstić information content (AvgIpc) is 3.06. The molecule has 2 aromatic heterocycles. The molecule has 134 valence electrons. The van der Waals surface area contributed by atoms with Crippen LogP contribution >= 0.6 is 0 Å². The second-order valence-corrected chi connectivity index (χ2v) is 5.92. The minimum Gasteiger partial charge on any atom is -0.365 e. The smallest absolute Gasteiger partial charge is 0.254 e. The summed E-state index contributed by atoms with van der Waals surface area (Å²) in [5.41, 5.74) is 9.43. The summed E-state index contributed by atoms with van der Waals surface area (Å²) >= 11 is 0. The van der Waals surface area contributed by atoms with Gasteiger partial charge in [-0.15, -0.1) is 0 Å². The number of primary amides is 1. The fraction of sp³-hybridized carbons (Fsp3) is 0.222. The van der Waals surface area contributed by atoms with Gasteiger partial charge in [-0.05, 0) is 31.9 Å². The van der Waals surface area contributed by atoms with Gasteiger partial charge in [0.15, 0.2) is 0 Å². The predicted molar refractivity (Wildman–Crippen MR) is 101 cm³/mol. The highest BCUT2D eigenvalue weighted by atomic mass is 16.1. The maximum Gasteiger partial charge on any atom is 0.254 e. The van der Waals surface area contributed by atoms with Crippen molar-refractivity contribution in [3.8, 4) is 0 Å². The van der Waals surface area contributed by atoms with Gasteiger partial charge in [-0.3, -0.25) is 9.48 Å². The van der Waals surface area contributed by atoms with Crippen LogP contribution in [-0.2, 0) is 6.54 Å². The Labute approximate surface area is 151 Å². The second kappa shape index (κ2) is 7.22. The Balaban J connectivity index is 1.95. The molecule has 0 aliphatic heterocycles. The van der Waals surface area contributed by atoms with Crippen LogP contribution in [-0.4, -0.2) is 25.7 Å². The minimum atomic E-state index is -0.593. The Morgan fingerprint density at radius 2 is 1.92 bits per heavy atom. The van der Waals surface area contributed by atoms with E-state index in [2.05, 4.69) is 25.7 Å². The fourth-order valence-electron chi connectivity index (χ4n) is 2.58. The van der Waals surface area contributed by atoms with Crippen LogP contribution in [0.5, 0.6) is 0 Å². The standard InChI is InChI=1S/C18H21N7O/c1-4-25-10-13(8-21-25)22-18-20-9-14(16(19)26)17(24-18)23-15-11(2)6-5-7-12(15)3/h5-10H,4H2,1-3H3,(H2,19,26)(H2,20,22,23,24). The van der Waals surface area contributed by atoms with Crippen molar-refractivity contribution >= 4 is 29.0 Å². The van der Waals surface area contributed by atoms with Gasteiger partial charge < -0.3 is 16.4 Å². The minimum absolute atomic E-state index is 0.224. The van der Waals surface area contributed by atoms with Crippen LogP contribution in [0.1, 0.15) is 28.4 Å². The van der Waals surface area contributed by atoms with Crippen molar-refractivity contribution in [2.75, 3.05) is 10.6 Å². The lowest BCUT2D eigenvalue weighted by molar-refractivity contribution is 0.100. The summed E-state index contributed by atoms with van der Waals surface area (Å²) < 4.78 is 1.79. The molecule has 0 saturated heterocycles. The molecule has 0 radical (unpaired) electrons. The molecule has 0 saturated carbocycles. The molecule has 0 atom stereocenters. The molecule has 8 nitrogen and oxygen atoms in total. The molecule has 0 aliphatic carbocycles. The third-order valence-electron chi connectivity index (χ3n) is 3.99. The van der Waals surface area contributed by atoms with Crippen molar-refractivity contribution < 1.29 is 4.79 Å². The van der Waals surface area contributed by atoms with Crippen LogP contribution in [0.4, 0.5) is 23.1 Å². The normalized spacial score (nSPS) is 10.6. The highest BCUT2D eigenvalue weighted by molar-refractivity contribution is 5.98. The summed E-state index contributed by atoms with van der Waals surface area (Å²) in [6.07, 6.45) is 4.95. The fourth-order valence-corrected chi connectivity index (χ4v) is 2.58.